The molecule has 0 amide bonds. The summed E-state index contributed by atoms with van der Waals surface area (Å²) in [7, 11) is 2.21. The molecule has 1 saturated heterocycles. The Kier molecular flexibility index (Phi) is 2.69. The molecule has 1 aliphatic heterocycles. The Morgan fingerprint density at radius 2 is 2.30 bits per heavy atom. The molecule has 2 unspecified atom stereocenters. The lowest BCUT2D eigenvalue weighted by Crippen LogP contribution is -2.53. The molecule has 60 valence electrons. The monoisotopic (exact) mass is 142 g/mol. The van der Waals surface area contributed by atoms with Crippen molar-refractivity contribution >= 4 is 0 Å². The first-order valence-corrected chi connectivity index (χ1v) is 4.17. The molecular formula is C8H18N2. The van der Waals surface area contributed by atoms with Crippen LogP contribution in [0.4, 0.5) is 0 Å². The molecule has 1 N–H and O–H groups in total. The van der Waals surface area contributed by atoms with Crippen LogP contribution in [0.5, 0.6) is 0 Å². The Morgan fingerprint density at radius 1 is 1.60 bits per heavy atom. The van der Waals surface area contributed by atoms with Crippen LogP contribution >= 0.6 is 0 Å². The lowest BCUT2D eigenvalue weighted by molar-refractivity contribution is 0.165. The lowest BCUT2D eigenvalue weighted by atomic mass is 10.1. The summed E-state index contributed by atoms with van der Waals surface area (Å²) in [5.41, 5.74) is 0. The van der Waals surface area contributed by atoms with Crippen molar-refractivity contribution in [2.75, 3.05) is 20.1 Å². The van der Waals surface area contributed by atoms with Gasteiger partial charge in [-0.3, -0.25) is 0 Å². The molecule has 0 radical (unpaired) electrons. The molecule has 10 heavy (non-hydrogen) atoms. The van der Waals surface area contributed by atoms with E-state index in [1.165, 1.54) is 13.0 Å². The van der Waals surface area contributed by atoms with E-state index in [9.17, 15) is 0 Å². The average Bonchev–Trinajstić information content (AvgIpc) is 1.88. The zero-order chi connectivity index (χ0) is 7.56. The molecule has 0 aromatic rings. The second-order valence-corrected chi connectivity index (χ2v) is 3.31. The Morgan fingerprint density at radius 3 is 2.80 bits per heavy atom. The van der Waals surface area contributed by atoms with Crippen molar-refractivity contribution in [3.8, 4) is 0 Å². The molecule has 0 aromatic heterocycles. The fourth-order valence-corrected chi connectivity index (χ4v) is 1.59. The van der Waals surface area contributed by atoms with E-state index in [-0.39, 0.29) is 0 Å². The molecule has 2 atom stereocenters. The van der Waals surface area contributed by atoms with Crippen LogP contribution in [0.1, 0.15) is 20.3 Å². The fraction of sp³-hybridized carbons (Fsp3) is 1.00. The second-order valence-electron chi connectivity index (χ2n) is 3.31. The summed E-state index contributed by atoms with van der Waals surface area (Å²) >= 11 is 0. The maximum absolute atomic E-state index is 3.47. The first-order chi connectivity index (χ1) is 4.74. The summed E-state index contributed by atoms with van der Waals surface area (Å²) in [6, 6.07) is 1.43. The van der Waals surface area contributed by atoms with Gasteiger partial charge in [-0.05, 0) is 20.4 Å². The van der Waals surface area contributed by atoms with Crippen molar-refractivity contribution in [3.63, 3.8) is 0 Å². The SMILES string of the molecule is CCC1CNC(C)CN1C. The standard InChI is InChI=1S/C8H18N2/c1-4-8-5-9-7(2)6-10(8)3/h7-9H,4-6H2,1-3H3. The van der Waals surface area contributed by atoms with Crippen molar-refractivity contribution < 1.29 is 0 Å². The first kappa shape index (κ1) is 8.02. The van der Waals surface area contributed by atoms with E-state index in [2.05, 4.69) is 31.1 Å². The molecule has 0 aliphatic carbocycles. The second kappa shape index (κ2) is 3.35. The van der Waals surface area contributed by atoms with E-state index in [1.54, 1.807) is 0 Å². The van der Waals surface area contributed by atoms with Crippen molar-refractivity contribution in [3.05, 3.63) is 0 Å². The molecular weight excluding hydrogens is 124 g/mol. The normalized spacial score (nSPS) is 36.3. The lowest BCUT2D eigenvalue weighted by Gasteiger charge is -2.36. The van der Waals surface area contributed by atoms with Crippen LogP contribution in [0.3, 0.4) is 0 Å². The molecule has 1 heterocycles. The van der Waals surface area contributed by atoms with Crippen LogP contribution in [-0.2, 0) is 0 Å². The largest absolute Gasteiger partial charge is 0.311 e. The van der Waals surface area contributed by atoms with Gasteiger partial charge in [-0.2, -0.15) is 0 Å². The maximum Gasteiger partial charge on any atom is 0.0215 e. The molecule has 1 fully saturated rings. The van der Waals surface area contributed by atoms with Gasteiger partial charge in [0.05, 0.1) is 0 Å². The minimum absolute atomic E-state index is 0.674. The molecule has 1 rings (SSSR count). The maximum atomic E-state index is 3.47. The van der Waals surface area contributed by atoms with Crippen molar-refractivity contribution in [1.82, 2.24) is 10.2 Å². The van der Waals surface area contributed by atoms with E-state index in [0.717, 1.165) is 12.6 Å². The minimum Gasteiger partial charge on any atom is -0.311 e. The number of hydrogen-bond donors (Lipinski definition) is 1. The number of likely N-dealkylation sites (N-methyl/N-ethyl adjacent to an activating group) is 1. The number of piperazine rings is 1. The average molecular weight is 142 g/mol. The third kappa shape index (κ3) is 1.70. The highest BCUT2D eigenvalue weighted by molar-refractivity contribution is 4.80. The highest BCUT2D eigenvalue weighted by Gasteiger charge is 2.20. The molecule has 0 aromatic carbocycles. The molecule has 1 aliphatic rings. The van der Waals surface area contributed by atoms with Gasteiger partial charge in [0.1, 0.15) is 0 Å². The summed E-state index contributed by atoms with van der Waals surface area (Å²) in [6.07, 6.45) is 1.26. The zero-order valence-electron chi connectivity index (χ0n) is 7.22. The van der Waals surface area contributed by atoms with Crippen LogP contribution in [0.25, 0.3) is 0 Å². The Balaban J connectivity index is 2.36. The van der Waals surface area contributed by atoms with Crippen molar-refractivity contribution in [2.45, 2.75) is 32.4 Å². The van der Waals surface area contributed by atoms with Crippen molar-refractivity contribution in [1.29, 1.82) is 0 Å². The highest BCUT2D eigenvalue weighted by atomic mass is 15.2. The summed E-state index contributed by atoms with van der Waals surface area (Å²) in [4.78, 5) is 2.45. The van der Waals surface area contributed by atoms with E-state index in [4.69, 9.17) is 0 Å². The van der Waals surface area contributed by atoms with Gasteiger partial charge in [-0.15, -0.1) is 0 Å². The predicted octanol–water partition coefficient (Wildman–Crippen LogP) is 0.689. The zero-order valence-corrected chi connectivity index (χ0v) is 7.22. The number of nitrogens with zero attached hydrogens (tertiary/aromatic N) is 1. The number of rotatable bonds is 1. The number of hydrogen-bond acceptors (Lipinski definition) is 2. The van der Waals surface area contributed by atoms with Gasteiger partial charge in [0, 0.05) is 25.2 Å². The smallest absolute Gasteiger partial charge is 0.0215 e. The van der Waals surface area contributed by atoms with Crippen LogP contribution < -0.4 is 5.32 Å². The van der Waals surface area contributed by atoms with Gasteiger partial charge in [0.25, 0.3) is 0 Å². The van der Waals surface area contributed by atoms with Gasteiger partial charge in [0.15, 0.2) is 0 Å². The van der Waals surface area contributed by atoms with E-state index in [0.29, 0.717) is 6.04 Å². The predicted molar refractivity (Wildman–Crippen MR) is 44.2 cm³/mol. The molecule has 0 spiro atoms. The Bertz CT molecular complexity index is 103. The quantitative estimate of drug-likeness (QED) is 0.579. The summed E-state index contributed by atoms with van der Waals surface area (Å²) < 4.78 is 0. The van der Waals surface area contributed by atoms with Gasteiger partial charge < -0.3 is 10.2 Å². The van der Waals surface area contributed by atoms with E-state index < -0.39 is 0 Å². The minimum atomic E-state index is 0.674. The third-order valence-electron chi connectivity index (χ3n) is 2.36. The third-order valence-corrected chi connectivity index (χ3v) is 2.36. The van der Waals surface area contributed by atoms with Crippen LogP contribution in [-0.4, -0.2) is 37.1 Å². The van der Waals surface area contributed by atoms with Gasteiger partial charge in [-0.25, -0.2) is 0 Å². The van der Waals surface area contributed by atoms with Crippen LogP contribution in [0, 0.1) is 0 Å². The van der Waals surface area contributed by atoms with Gasteiger partial charge >= 0.3 is 0 Å². The Labute approximate surface area is 63.6 Å². The van der Waals surface area contributed by atoms with E-state index >= 15 is 0 Å². The summed E-state index contributed by atoms with van der Waals surface area (Å²) in [5.74, 6) is 0. The van der Waals surface area contributed by atoms with Gasteiger partial charge in [-0.1, -0.05) is 6.92 Å². The Hall–Kier alpha value is -0.0800. The first-order valence-electron chi connectivity index (χ1n) is 4.17. The number of nitrogens with one attached hydrogen (secondary N) is 1. The topological polar surface area (TPSA) is 15.3 Å². The van der Waals surface area contributed by atoms with Crippen molar-refractivity contribution in [2.24, 2.45) is 0 Å². The van der Waals surface area contributed by atoms with E-state index in [1.807, 2.05) is 0 Å². The molecule has 2 nitrogen and oxygen atoms in total. The van der Waals surface area contributed by atoms with Crippen LogP contribution in [0.15, 0.2) is 0 Å². The summed E-state index contributed by atoms with van der Waals surface area (Å²) in [5, 5.41) is 3.47. The molecule has 0 saturated carbocycles. The molecule has 0 bridgehead atoms. The fourth-order valence-electron chi connectivity index (χ4n) is 1.59. The summed E-state index contributed by atoms with van der Waals surface area (Å²) in [6.45, 7) is 6.84. The highest BCUT2D eigenvalue weighted by Crippen LogP contribution is 2.06. The van der Waals surface area contributed by atoms with Gasteiger partial charge in [0.2, 0.25) is 0 Å². The van der Waals surface area contributed by atoms with Crippen LogP contribution in [0.2, 0.25) is 0 Å². The molecule has 2 heteroatoms.